The van der Waals surface area contributed by atoms with Gasteiger partial charge in [0.05, 0.1) is 0 Å². The van der Waals surface area contributed by atoms with Crippen molar-refractivity contribution in [2.24, 2.45) is 5.73 Å². The summed E-state index contributed by atoms with van der Waals surface area (Å²) in [5.74, 6) is 0.0837. The van der Waals surface area contributed by atoms with Gasteiger partial charge in [0.25, 0.3) is 0 Å². The minimum Gasteiger partial charge on any atom is -0.330 e. The topological polar surface area (TPSA) is 46.3 Å². The summed E-state index contributed by atoms with van der Waals surface area (Å²) in [6.07, 6.45) is 3.96. The highest BCUT2D eigenvalue weighted by atomic mass is 16.2. The zero-order valence-electron chi connectivity index (χ0n) is 9.70. The molecule has 1 aliphatic carbocycles. The van der Waals surface area contributed by atoms with Gasteiger partial charge in [0.15, 0.2) is 0 Å². The normalized spacial score (nSPS) is 13.6. The number of nitrogens with zero attached hydrogens (tertiary/aromatic N) is 1. The second-order valence-corrected chi connectivity index (χ2v) is 4.30. The summed E-state index contributed by atoms with van der Waals surface area (Å²) in [4.78, 5) is 13.4. The zero-order valence-corrected chi connectivity index (χ0v) is 9.70. The molecule has 0 radical (unpaired) electrons. The van der Waals surface area contributed by atoms with Crippen molar-refractivity contribution in [1.82, 2.24) is 0 Å². The molecule has 0 bridgehead atoms. The van der Waals surface area contributed by atoms with E-state index < -0.39 is 0 Å². The maximum absolute atomic E-state index is 11.7. The van der Waals surface area contributed by atoms with Crippen LogP contribution in [0.15, 0.2) is 18.2 Å². The molecule has 1 aliphatic rings. The molecule has 0 heterocycles. The molecule has 0 unspecified atom stereocenters. The molecular formula is C13H18N2O. The first kappa shape index (κ1) is 11.1. The number of hydrogen-bond donors (Lipinski definition) is 1. The minimum absolute atomic E-state index is 0.0837. The van der Waals surface area contributed by atoms with Gasteiger partial charge in [-0.25, -0.2) is 0 Å². The number of anilines is 1. The van der Waals surface area contributed by atoms with Gasteiger partial charge in [0.1, 0.15) is 0 Å². The largest absolute Gasteiger partial charge is 0.330 e. The van der Waals surface area contributed by atoms with Gasteiger partial charge < -0.3 is 10.6 Å². The smallest absolute Gasteiger partial charge is 0.227 e. The van der Waals surface area contributed by atoms with Crippen LogP contribution in [0.2, 0.25) is 0 Å². The molecule has 0 aromatic heterocycles. The predicted octanol–water partition coefficient (Wildman–Crippen LogP) is 1.49. The fourth-order valence-electron chi connectivity index (χ4n) is 2.20. The molecule has 3 nitrogen and oxygen atoms in total. The highest BCUT2D eigenvalue weighted by molar-refractivity contribution is 5.93. The first-order valence-corrected chi connectivity index (χ1v) is 5.81. The molecule has 2 rings (SSSR count). The Balaban J connectivity index is 2.18. The van der Waals surface area contributed by atoms with Gasteiger partial charge in [0.2, 0.25) is 5.91 Å². The Hall–Kier alpha value is -1.35. The van der Waals surface area contributed by atoms with Crippen LogP contribution >= 0.6 is 0 Å². The minimum atomic E-state index is 0.0837. The quantitative estimate of drug-likeness (QED) is 0.835. The number of carbonyl (C=O) groups excluding carboxylic acids is 1. The third kappa shape index (κ3) is 2.09. The standard InChI is InChI=1S/C13H18N2O/c1-15(13(16)7-8-14)12-6-5-10-3-2-4-11(10)9-12/h5-6,9H,2-4,7-8,14H2,1H3. The number of benzene rings is 1. The van der Waals surface area contributed by atoms with E-state index in [-0.39, 0.29) is 5.91 Å². The van der Waals surface area contributed by atoms with Crippen molar-refractivity contribution in [2.45, 2.75) is 25.7 Å². The number of aryl methyl sites for hydroxylation is 2. The number of fused-ring (bicyclic) bond motifs is 1. The highest BCUT2D eigenvalue weighted by Gasteiger charge is 2.14. The predicted molar refractivity (Wildman–Crippen MR) is 65.5 cm³/mol. The molecule has 0 saturated heterocycles. The van der Waals surface area contributed by atoms with Crippen molar-refractivity contribution in [3.8, 4) is 0 Å². The van der Waals surface area contributed by atoms with E-state index in [1.807, 2.05) is 13.1 Å². The third-order valence-corrected chi connectivity index (χ3v) is 3.20. The molecule has 1 aromatic carbocycles. The first-order valence-electron chi connectivity index (χ1n) is 5.81. The molecule has 1 aromatic rings. The van der Waals surface area contributed by atoms with E-state index in [4.69, 9.17) is 5.73 Å². The lowest BCUT2D eigenvalue weighted by atomic mass is 10.1. The average molecular weight is 218 g/mol. The summed E-state index contributed by atoms with van der Waals surface area (Å²) in [6.45, 7) is 0.411. The zero-order chi connectivity index (χ0) is 11.5. The van der Waals surface area contributed by atoms with Crippen LogP contribution in [0, 0.1) is 0 Å². The van der Waals surface area contributed by atoms with E-state index >= 15 is 0 Å². The molecule has 86 valence electrons. The van der Waals surface area contributed by atoms with Crippen molar-refractivity contribution >= 4 is 11.6 Å². The lowest BCUT2D eigenvalue weighted by Gasteiger charge is -2.18. The Labute approximate surface area is 96.2 Å². The molecule has 3 heteroatoms. The van der Waals surface area contributed by atoms with Crippen LogP contribution in [0.1, 0.15) is 24.0 Å². The molecule has 0 fully saturated rings. The van der Waals surface area contributed by atoms with Crippen LogP contribution in [0.5, 0.6) is 0 Å². The fourth-order valence-corrected chi connectivity index (χ4v) is 2.20. The number of carbonyl (C=O) groups is 1. The van der Waals surface area contributed by atoms with Crippen LogP contribution in [-0.4, -0.2) is 19.5 Å². The molecular weight excluding hydrogens is 200 g/mol. The SMILES string of the molecule is CN(C(=O)CCN)c1ccc2c(c1)CCC2. The lowest BCUT2D eigenvalue weighted by Crippen LogP contribution is -2.28. The molecule has 0 aliphatic heterocycles. The lowest BCUT2D eigenvalue weighted by molar-refractivity contribution is -0.118. The molecule has 2 N–H and O–H groups in total. The van der Waals surface area contributed by atoms with Gasteiger partial charge in [-0.3, -0.25) is 4.79 Å². The van der Waals surface area contributed by atoms with Crippen LogP contribution in [0.3, 0.4) is 0 Å². The van der Waals surface area contributed by atoms with Crippen molar-refractivity contribution < 1.29 is 4.79 Å². The number of rotatable bonds is 3. The summed E-state index contributed by atoms with van der Waals surface area (Å²) < 4.78 is 0. The second kappa shape index (κ2) is 4.66. The molecule has 0 saturated carbocycles. The third-order valence-electron chi connectivity index (χ3n) is 3.20. The number of amides is 1. The summed E-state index contributed by atoms with van der Waals surface area (Å²) in [6, 6.07) is 6.30. The van der Waals surface area contributed by atoms with E-state index in [0.29, 0.717) is 13.0 Å². The van der Waals surface area contributed by atoms with Gasteiger partial charge >= 0.3 is 0 Å². The van der Waals surface area contributed by atoms with Crippen molar-refractivity contribution in [2.75, 3.05) is 18.5 Å². The van der Waals surface area contributed by atoms with Gasteiger partial charge in [-0.1, -0.05) is 6.07 Å². The summed E-state index contributed by atoms with van der Waals surface area (Å²) in [5.41, 5.74) is 9.20. The fraction of sp³-hybridized carbons (Fsp3) is 0.462. The van der Waals surface area contributed by atoms with Crippen LogP contribution in [0.25, 0.3) is 0 Å². The summed E-state index contributed by atoms with van der Waals surface area (Å²) >= 11 is 0. The number of nitrogens with two attached hydrogens (primary N) is 1. The Morgan fingerprint density at radius 3 is 2.88 bits per heavy atom. The molecule has 0 atom stereocenters. The van der Waals surface area contributed by atoms with E-state index in [0.717, 1.165) is 12.1 Å². The van der Waals surface area contributed by atoms with Gasteiger partial charge in [-0.2, -0.15) is 0 Å². The second-order valence-electron chi connectivity index (χ2n) is 4.30. The van der Waals surface area contributed by atoms with Gasteiger partial charge in [-0.15, -0.1) is 0 Å². The van der Waals surface area contributed by atoms with Crippen molar-refractivity contribution in [3.63, 3.8) is 0 Å². The summed E-state index contributed by atoms with van der Waals surface area (Å²) in [7, 11) is 1.81. The Morgan fingerprint density at radius 1 is 1.38 bits per heavy atom. The monoisotopic (exact) mass is 218 g/mol. The highest BCUT2D eigenvalue weighted by Crippen LogP contribution is 2.26. The Kier molecular flexibility index (Phi) is 3.25. The Morgan fingerprint density at radius 2 is 2.12 bits per heavy atom. The van der Waals surface area contributed by atoms with Crippen LogP contribution in [-0.2, 0) is 17.6 Å². The Bertz CT molecular complexity index is 401. The van der Waals surface area contributed by atoms with E-state index in [1.54, 1.807) is 4.90 Å². The van der Waals surface area contributed by atoms with E-state index in [1.165, 1.54) is 24.0 Å². The summed E-state index contributed by atoms with van der Waals surface area (Å²) in [5, 5.41) is 0. The number of hydrogen-bond acceptors (Lipinski definition) is 2. The van der Waals surface area contributed by atoms with Crippen molar-refractivity contribution in [1.29, 1.82) is 0 Å². The molecule has 16 heavy (non-hydrogen) atoms. The van der Waals surface area contributed by atoms with Gasteiger partial charge in [-0.05, 0) is 42.5 Å². The van der Waals surface area contributed by atoms with Crippen LogP contribution in [0.4, 0.5) is 5.69 Å². The molecule has 0 spiro atoms. The first-order chi connectivity index (χ1) is 7.72. The van der Waals surface area contributed by atoms with E-state index in [2.05, 4.69) is 12.1 Å². The van der Waals surface area contributed by atoms with Crippen LogP contribution < -0.4 is 10.6 Å². The van der Waals surface area contributed by atoms with Gasteiger partial charge in [0, 0.05) is 25.7 Å². The maximum Gasteiger partial charge on any atom is 0.227 e. The molecule has 1 amide bonds. The van der Waals surface area contributed by atoms with E-state index in [9.17, 15) is 4.79 Å². The maximum atomic E-state index is 11.7. The average Bonchev–Trinajstić information content (AvgIpc) is 2.75. The van der Waals surface area contributed by atoms with Crippen molar-refractivity contribution in [3.05, 3.63) is 29.3 Å².